The van der Waals surface area contributed by atoms with Crippen LogP contribution in [-0.4, -0.2) is 10.2 Å². The van der Waals surface area contributed by atoms with E-state index in [9.17, 15) is 0 Å². The van der Waals surface area contributed by atoms with E-state index in [0.29, 0.717) is 16.9 Å². The highest BCUT2D eigenvalue weighted by atomic mass is 35.5. The smallest absolute Gasteiger partial charge is 0.327 e. The fourth-order valence-electron chi connectivity index (χ4n) is 3.19. The minimum atomic E-state index is 0.420. The molecule has 0 atom stereocenters. The first-order valence-corrected chi connectivity index (χ1v) is 8.93. The highest BCUT2D eigenvalue weighted by Gasteiger charge is 2.24. The van der Waals surface area contributed by atoms with E-state index < -0.39 is 0 Å². The zero-order chi connectivity index (χ0) is 18.2. The molecular weight excluding hydrogens is 358 g/mol. The predicted molar refractivity (Wildman–Crippen MR) is 108 cm³/mol. The molecule has 5 rings (SSSR count). The van der Waals surface area contributed by atoms with Crippen LogP contribution < -0.4 is 4.90 Å². The lowest BCUT2D eigenvalue weighted by molar-refractivity contribution is 0.575. The molecule has 0 amide bonds. The Morgan fingerprint density at radius 1 is 0.704 bits per heavy atom. The average Bonchev–Trinajstić information content (AvgIpc) is 3.12. The van der Waals surface area contributed by atoms with E-state index >= 15 is 0 Å². The summed E-state index contributed by atoms with van der Waals surface area (Å²) in [5, 5.41) is 9.24. The van der Waals surface area contributed by atoms with Crippen molar-refractivity contribution in [3.8, 4) is 11.5 Å². The van der Waals surface area contributed by atoms with Crippen molar-refractivity contribution >= 4 is 41.1 Å². The number of aromatic nitrogens is 2. The van der Waals surface area contributed by atoms with Crippen LogP contribution >= 0.6 is 11.6 Å². The van der Waals surface area contributed by atoms with Crippen molar-refractivity contribution in [3.63, 3.8) is 0 Å². The van der Waals surface area contributed by atoms with Crippen LogP contribution in [0.4, 0.5) is 17.4 Å². The second-order valence-electron chi connectivity index (χ2n) is 6.18. The molecule has 1 aliphatic rings. The number of rotatable bonds is 2. The van der Waals surface area contributed by atoms with Crippen molar-refractivity contribution in [2.45, 2.75) is 0 Å². The predicted octanol–water partition coefficient (Wildman–Crippen LogP) is 6.34. The molecule has 0 N–H and O–H groups in total. The van der Waals surface area contributed by atoms with Gasteiger partial charge in [0.25, 0.3) is 0 Å². The van der Waals surface area contributed by atoms with Crippen molar-refractivity contribution in [3.05, 3.63) is 88.9 Å². The number of para-hydroxylation sites is 2. The Morgan fingerprint density at radius 3 is 1.93 bits per heavy atom. The summed E-state index contributed by atoms with van der Waals surface area (Å²) in [5.41, 5.74) is 4.97. The summed E-state index contributed by atoms with van der Waals surface area (Å²) in [6.45, 7) is 0. The molecular formula is C22H14ClN3O. The largest absolute Gasteiger partial charge is 0.403 e. The van der Waals surface area contributed by atoms with E-state index in [0.717, 1.165) is 28.1 Å². The first kappa shape index (κ1) is 15.9. The summed E-state index contributed by atoms with van der Waals surface area (Å²) in [4.78, 5) is 2.00. The maximum Gasteiger partial charge on any atom is 0.327 e. The lowest BCUT2D eigenvalue weighted by Crippen LogP contribution is -2.12. The molecule has 1 aliphatic heterocycles. The van der Waals surface area contributed by atoms with Gasteiger partial charge in [0.1, 0.15) is 0 Å². The van der Waals surface area contributed by atoms with Gasteiger partial charge >= 0.3 is 6.01 Å². The zero-order valence-electron chi connectivity index (χ0n) is 14.2. The Labute approximate surface area is 161 Å². The van der Waals surface area contributed by atoms with Gasteiger partial charge < -0.3 is 4.42 Å². The number of anilines is 3. The summed E-state index contributed by atoms with van der Waals surface area (Å²) >= 11 is 5.97. The van der Waals surface area contributed by atoms with E-state index in [1.807, 2.05) is 53.4 Å². The number of nitrogens with zero attached hydrogens (tertiary/aromatic N) is 3. The third-order valence-electron chi connectivity index (χ3n) is 4.49. The number of fused-ring (bicyclic) bond motifs is 2. The molecule has 0 spiro atoms. The van der Waals surface area contributed by atoms with Crippen LogP contribution in [0.2, 0.25) is 5.02 Å². The van der Waals surface area contributed by atoms with Crippen molar-refractivity contribution in [1.29, 1.82) is 0 Å². The normalized spacial score (nSPS) is 12.4. The monoisotopic (exact) mass is 371 g/mol. The molecule has 0 aliphatic carbocycles. The first-order chi connectivity index (χ1) is 13.3. The van der Waals surface area contributed by atoms with Crippen molar-refractivity contribution in [2.24, 2.45) is 0 Å². The highest BCUT2D eigenvalue weighted by Crippen LogP contribution is 2.41. The third kappa shape index (κ3) is 2.80. The van der Waals surface area contributed by atoms with Gasteiger partial charge in [0, 0.05) is 10.6 Å². The van der Waals surface area contributed by atoms with Crippen LogP contribution in [0.5, 0.6) is 0 Å². The molecule has 130 valence electrons. The summed E-state index contributed by atoms with van der Waals surface area (Å²) < 4.78 is 6.05. The van der Waals surface area contributed by atoms with Crippen molar-refractivity contribution < 1.29 is 4.42 Å². The van der Waals surface area contributed by atoms with Crippen LogP contribution in [0.1, 0.15) is 11.1 Å². The van der Waals surface area contributed by atoms with Gasteiger partial charge in [-0.3, -0.25) is 4.90 Å². The Bertz CT molecular complexity index is 1100. The van der Waals surface area contributed by atoms with Crippen LogP contribution in [0.15, 0.2) is 77.2 Å². The summed E-state index contributed by atoms with van der Waals surface area (Å²) in [6, 6.07) is 24.1. The molecule has 0 saturated carbocycles. The molecule has 5 heteroatoms. The molecule has 27 heavy (non-hydrogen) atoms. The van der Waals surface area contributed by atoms with E-state index in [1.54, 1.807) is 12.1 Å². The quantitative estimate of drug-likeness (QED) is 0.363. The standard InChI is InChI=1S/C22H14ClN3O/c23-18-13-11-17(12-14-18)21-24-25-22(27-21)26-19-7-3-1-5-15(19)9-10-16-6-2-4-8-20(16)26/h1-14H. The molecule has 0 bridgehead atoms. The molecule has 0 radical (unpaired) electrons. The molecule has 4 aromatic rings. The van der Waals surface area contributed by atoms with Gasteiger partial charge in [-0.2, -0.15) is 0 Å². The van der Waals surface area contributed by atoms with Gasteiger partial charge in [0.2, 0.25) is 5.89 Å². The fraction of sp³-hybridized carbons (Fsp3) is 0. The molecule has 3 aromatic carbocycles. The van der Waals surface area contributed by atoms with Gasteiger partial charge in [0.05, 0.1) is 11.4 Å². The lowest BCUT2D eigenvalue weighted by Gasteiger charge is -2.22. The van der Waals surface area contributed by atoms with Crippen LogP contribution in [0, 0.1) is 0 Å². The van der Waals surface area contributed by atoms with Gasteiger partial charge in [-0.25, -0.2) is 0 Å². The Kier molecular flexibility index (Phi) is 3.77. The Balaban J connectivity index is 1.67. The van der Waals surface area contributed by atoms with E-state index in [2.05, 4.69) is 34.5 Å². The van der Waals surface area contributed by atoms with E-state index in [-0.39, 0.29) is 0 Å². The second kappa shape index (κ2) is 6.41. The Morgan fingerprint density at radius 2 is 1.30 bits per heavy atom. The topological polar surface area (TPSA) is 42.2 Å². The molecule has 0 saturated heterocycles. The maximum absolute atomic E-state index is 6.05. The maximum atomic E-state index is 6.05. The first-order valence-electron chi connectivity index (χ1n) is 8.55. The number of halogens is 1. The third-order valence-corrected chi connectivity index (χ3v) is 4.75. The summed E-state index contributed by atoms with van der Waals surface area (Å²) in [6.07, 6.45) is 4.20. The average molecular weight is 372 g/mol. The van der Waals surface area contributed by atoms with Gasteiger partial charge in [-0.05, 0) is 47.5 Å². The molecule has 1 aromatic heterocycles. The minimum Gasteiger partial charge on any atom is -0.403 e. The SMILES string of the molecule is Clc1ccc(-c2nnc(N3c4ccccc4C=Cc4ccccc43)o2)cc1. The summed E-state index contributed by atoms with van der Waals surface area (Å²) in [7, 11) is 0. The highest BCUT2D eigenvalue weighted by molar-refractivity contribution is 6.30. The molecule has 0 fully saturated rings. The van der Waals surface area contributed by atoms with Crippen LogP contribution in [0.25, 0.3) is 23.6 Å². The minimum absolute atomic E-state index is 0.420. The summed E-state index contributed by atoms with van der Waals surface area (Å²) in [5.74, 6) is 0.453. The molecule has 0 unspecified atom stereocenters. The second-order valence-corrected chi connectivity index (χ2v) is 6.62. The molecule has 4 nitrogen and oxygen atoms in total. The fourth-order valence-corrected chi connectivity index (χ4v) is 3.32. The van der Waals surface area contributed by atoms with Gasteiger partial charge in [-0.15, -0.1) is 5.10 Å². The lowest BCUT2D eigenvalue weighted by atomic mass is 10.1. The Hall–Kier alpha value is -3.37. The van der Waals surface area contributed by atoms with Gasteiger partial charge in [-0.1, -0.05) is 65.2 Å². The number of hydrogen-bond acceptors (Lipinski definition) is 4. The van der Waals surface area contributed by atoms with Crippen LogP contribution in [-0.2, 0) is 0 Å². The van der Waals surface area contributed by atoms with Crippen molar-refractivity contribution in [2.75, 3.05) is 4.90 Å². The van der Waals surface area contributed by atoms with E-state index in [1.165, 1.54) is 0 Å². The molecule has 2 heterocycles. The zero-order valence-corrected chi connectivity index (χ0v) is 15.0. The van der Waals surface area contributed by atoms with E-state index in [4.69, 9.17) is 16.0 Å². The van der Waals surface area contributed by atoms with Crippen LogP contribution in [0.3, 0.4) is 0 Å². The number of hydrogen-bond donors (Lipinski definition) is 0. The van der Waals surface area contributed by atoms with Crippen molar-refractivity contribution in [1.82, 2.24) is 10.2 Å². The number of benzene rings is 3. The van der Waals surface area contributed by atoms with Gasteiger partial charge in [0.15, 0.2) is 0 Å².